The molecule has 146 valence electrons. The Morgan fingerprint density at radius 2 is 2.21 bits per heavy atom. The summed E-state index contributed by atoms with van der Waals surface area (Å²) in [5.74, 6) is 0.00491. The molecule has 0 aliphatic carbocycles. The lowest BCUT2D eigenvalue weighted by atomic mass is 10.1. The summed E-state index contributed by atoms with van der Waals surface area (Å²) in [4.78, 5) is 25.3. The van der Waals surface area contributed by atoms with E-state index in [1.807, 2.05) is 40.7 Å². The molecule has 0 aromatic carbocycles. The summed E-state index contributed by atoms with van der Waals surface area (Å²) >= 11 is 1.64. The maximum absolute atomic E-state index is 13.0. The van der Waals surface area contributed by atoms with Gasteiger partial charge in [-0.05, 0) is 42.5 Å². The normalized spacial score (nSPS) is 16.6. The molecular weight excluding hydrogens is 384 g/mol. The Morgan fingerprint density at radius 3 is 3.03 bits per heavy atom. The molecule has 0 spiro atoms. The largest absolute Gasteiger partial charge is 0.334 e. The Morgan fingerprint density at radius 1 is 1.28 bits per heavy atom. The first-order valence-electron chi connectivity index (χ1n) is 9.60. The third-order valence-electron chi connectivity index (χ3n) is 5.34. The van der Waals surface area contributed by atoms with Crippen LogP contribution in [0.25, 0.3) is 27.5 Å². The van der Waals surface area contributed by atoms with Gasteiger partial charge in [0, 0.05) is 37.1 Å². The van der Waals surface area contributed by atoms with Crippen molar-refractivity contribution in [3.63, 3.8) is 0 Å². The number of nitrogens with zero attached hydrogens (tertiary/aromatic N) is 5. The SMILES string of the molecule is NC[C@H]1CCCN1C(=O)c1ccnc(-c2cnn3ccc(-c4cccs4)nc23)c1. The van der Waals surface area contributed by atoms with Crippen LogP contribution in [0.15, 0.2) is 54.3 Å². The van der Waals surface area contributed by atoms with Crippen molar-refractivity contribution in [3.05, 3.63) is 59.9 Å². The Balaban J connectivity index is 1.53. The number of hydrogen-bond acceptors (Lipinski definition) is 6. The number of amides is 1. The first-order chi connectivity index (χ1) is 14.2. The minimum atomic E-state index is 0.00491. The number of rotatable bonds is 4. The number of carbonyl (C=O) groups is 1. The summed E-state index contributed by atoms with van der Waals surface area (Å²) in [6.45, 7) is 1.24. The minimum absolute atomic E-state index is 0.00491. The van der Waals surface area contributed by atoms with Gasteiger partial charge in [-0.15, -0.1) is 11.3 Å². The number of thiophene rings is 1. The fraction of sp³-hybridized carbons (Fsp3) is 0.238. The van der Waals surface area contributed by atoms with Gasteiger partial charge in [0.1, 0.15) is 0 Å². The minimum Gasteiger partial charge on any atom is -0.334 e. The van der Waals surface area contributed by atoms with E-state index in [4.69, 9.17) is 10.7 Å². The molecule has 0 radical (unpaired) electrons. The number of pyridine rings is 1. The highest BCUT2D eigenvalue weighted by atomic mass is 32.1. The van der Waals surface area contributed by atoms with Crippen molar-refractivity contribution >= 4 is 22.9 Å². The molecule has 8 heteroatoms. The monoisotopic (exact) mass is 404 g/mol. The van der Waals surface area contributed by atoms with E-state index in [1.54, 1.807) is 34.3 Å². The van der Waals surface area contributed by atoms with Crippen LogP contribution >= 0.6 is 11.3 Å². The van der Waals surface area contributed by atoms with Gasteiger partial charge < -0.3 is 10.6 Å². The van der Waals surface area contributed by atoms with Crippen LogP contribution in [0.1, 0.15) is 23.2 Å². The molecule has 1 amide bonds. The quantitative estimate of drug-likeness (QED) is 0.565. The van der Waals surface area contributed by atoms with Crippen LogP contribution < -0.4 is 5.73 Å². The van der Waals surface area contributed by atoms with Crippen molar-refractivity contribution in [2.24, 2.45) is 5.73 Å². The molecule has 0 unspecified atom stereocenters. The lowest BCUT2D eigenvalue weighted by molar-refractivity contribution is 0.0741. The maximum atomic E-state index is 13.0. The van der Waals surface area contributed by atoms with Crippen molar-refractivity contribution in [1.29, 1.82) is 0 Å². The van der Waals surface area contributed by atoms with Gasteiger partial charge in [0.15, 0.2) is 5.65 Å². The molecule has 1 atom stereocenters. The molecule has 0 saturated carbocycles. The fourth-order valence-corrected chi connectivity index (χ4v) is 4.53. The van der Waals surface area contributed by atoms with E-state index in [0.29, 0.717) is 23.4 Å². The van der Waals surface area contributed by atoms with Gasteiger partial charge in [-0.2, -0.15) is 5.10 Å². The lowest BCUT2D eigenvalue weighted by Crippen LogP contribution is -2.39. The molecule has 0 bridgehead atoms. The number of hydrogen-bond donors (Lipinski definition) is 1. The third kappa shape index (κ3) is 3.20. The average molecular weight is 404 g/mol. The first kappa shape index (κ1) is 18.0. The zero-order valence-electron chi connectivity index (χ0n) is 15.7. The number of fused-ring (bicyclic) bond motifs is 1. The molecule has 1 aliphatic rings. The van der Waals surface area contributed by atoms with Gasteiger partial charge in [-0.3, -0.25) is 9.78 Å². The maximum Gasteiger partial charge on any atom is 0.254 e. The van der Waals surface area contributed by atoms with E-state index >= 15 is 0 Å². The topological polar surface area (TPSA) is 89.4 Å². The lowest BCUT2D eigenvalue weighted by Gasteiger charge is -2.23. The number of carbonyl (C=O) groups excluding carboxylic acids is 1. The van der Waals surface area contributed by atoms with Crippen LogP contribution in [-0.4, -0.2) is 49.5 Å². The van der Waals surface area contributed by atoms with Crippen LogP contribution in [0.3, 0.4) is 0 Å². The van der Waals surface area contributed by atoms with E-state index in [0.717, 1.165) is 35.5 Å². The summed E-state index contributed by atoms with van der Waals surface area (Å²) < 4.78 is 1.73. The van der Waals surface area contributed by atoms with Crippen molar-refractivity contribution in [2.45, 2.75) is 18.9 Å². The molecule has 29 heavy (non-hydrogen) atoms. The fourth-order valence-electron chi connectivity index (χ4n) is 3.84. The second-order valence-corrected chi connectivity index (χ2v) is 8.02. The third-order valence-corrected chi connectivity index (χ3v) is 6.23. The predicted octanol–water partition coefficient (Wildman–Crippen LogP) is 3.08. The molecule has 7 nitrogen and oxygen atoms in total. The Labute approximate surface area is 171 Å². The molecule has 2 N–H and O–H groups in total. The second-order valence-electron chi connectivity index (χ2n) is 7.08. The Bertz CT molecular complexity index is 1170. The smallest absolute Gasteiger partial charge is 0.254 e. The highest BCUT2D eigenvalue weighted by molar-refractivity contribution is 7.13. The zero-order chi connectivity index (χ0) is 19.8. The van der Waals surface area contributed by atoms with E-state index in [-0.39, 0.29) is 11.9 Å². The summed E-state index contributed by atoms with van der Waals surface area (Å²) in [5.41, 5.74) is 9.55. The Kier molecular flexibility index (Phi) is 4.57. The van der Waals surface area contributed by atoms with Gasteiger partial charge in [-0.1, -0.05) is 6.07 Å². The van der Waals surface area contributed by atoms with Crippen LogP contribution in [-0.2, 0) is 0 Å². The predicted molar refractivity (Wildman–Crippen MR) is 113 cm³/mol. The van der Waals surface area contributed by atoms with Gasteiger partial charge in [-0.25, -0.2) is 9.50 Å². The molecule has 5 rings (SSSR count). The molecule has 1 aliphatic heterocycles. The molecular formula is C21H20N6OS. The second kappa shape index (κ2) is 7.38. The summed E-state index contributed by atoms with van der Waals surface area (Å²) in [6, 6.07) is 9.70. The molecule has 4 aromatic heterocycles. The standard InChI is InChI=1S/C21H20N6OS/c22-12-15-3-1-8-26(15)21(28)14-5-7-23-18(11-14)16-13-24-27-9-6-17(25-20(16)27)19-4-2-10-29-19/h2,4-7,9-11,13,15H,1,3,8,12,22H2/t15-/m1/s1. The Hall–Kier alpha value is -3.10. The molecule has 5 heterocycles. The zero-order valence-corrected chi connectivity index (χ0v) is 16.5. The van der Waals surface area contributed by atoms with Crippen LogP contribution in [0.2, 0.25) is 0 Å². The van der Waals surface area contributed by atoms with E-state index in [9.17, 15) is 4.79 Å². The van der Waals surface area contributed by atoms with Crippen molar-refractivity contribution < 1.29 is 4.79 Å². The number of likely N-dealkylation sites (tertiary alicyclic amines) is 1. The summed E-state index contributed by atoms with van der Waals surface area (Å²) in [6.07, 6.45) is 7.27. The van der Waals surface area contributed by atoms with Gasteiger partial charge in [0.2, 0.25) is 0 Å². The van der Waals surface area contributed by atoms with Crippen molar-refractivity contribution in [3.8, 4) is 21.8 Å². The molecule has 4 aromatic rings. The summed E-state index contributed by atoms with van der Waals surface area (Å²) in [7, 11) is 0. The van der Waals surface area contributed by atoms with Gasteiger partial charge in [0.25, 0.3) is 5.91 Å². The van der Waals surface area contributed by atoms with E-state index < -0.39 is 0 Å². The van der Waals surface area contributed by atoms with Gasteiger partial charge in [0.05, 0.1) is 28.0 Å². The van der Waals surface area contributed by atoms with E-state index in [1.165, 1.54) is 0 Å². The van der Waals surface area contributed by atoms with Gasteiger partial charge >= 0.3 is 0 Å². The molecule has 1 saturated heterocycles. The van der Waals surface area contributed by atoms with Crippen molar-refractivity contribution in [1.82, 2.24) is 24.5 Å². The van der Waals surface area contributed by atoms with Crippen molar-refractivity contribution in [2.75, 3.05) is 13.1 Å². The van der Waals surface area contributed by atoms with Crippen LogP contribution in [0.5, 0.6) is 0 Å². The number of nitrogens with two attached hydrogens (primary N) is 1. The van der Waals surface area contributed by atoms with Crippen LogP contribution in [0.4, 0.5) is 0 Å². The van der Waals surface area contributed by atoms with Crippen LogP contribution in [0, 0.1) is 0 Å². The highest BCUT2D eigenvalue weighted by Crippen LogP contribution is 2.28. The first-order valence-corrected chi connectivity index (χ1v) is 10.5. The summed E-state index contributed by atoms with van der Waals surface area (Å²) in [5, 5.41) is 6.43. The highest BCUT2D eigenvalue weighted by Gasteiger charge is 2.28. The molecule has 1 fully saturated rings. The average Bonchev–Trinajstić information content (AvgIpc) is 3.53. The van der Waals surface area contributed by atoms with E-state index in [2.05, 4.69) is 10.1 Å². The number of aromatic nitrogens is 4.